The van der Waals surface area contributed by atoms with Crippen molar-refractivity contribution in [3.05, 3.63) is 72.4 Å². The number of benzene rings is 1. The van der Waals surface area contributed by atoms with Crippen LogP contribution in [0.25, 0.3) is 0 Å². The monoisotopic (exact) mass is 388 g/mol. The molecule has 1 amide bonds. The summed E-state index contributed by atoms with van der Waals surface area (Å²) in [6.07, 6.45) is 10.3. The fourth-order valence-electron chi connectivity index (χ4n) is 3.33. The number of rotatable bonds is 6. The molecule has 1 aliphatic heterocycles. The number of anilines is 3. The summed E-state index contributed by atoms with van der Waals surface area (Å²) < 4.78 is 0. The van der Waals surface area contributed by atoms with E-state index in [9.17, 15) is 4.79 Å². The standard InChI is InChI=1S/C22H24N6O/c29-22(27-18-4-6-19(7-5-18)28-12-2-1-3-13-28)20-15-26-21(16-24-20)25-14-17-8-10-23-11-9-17/h4-11,15-16H,1-3,12-14H2,(H,25,26)(H,27,29). The third-order valence-electron chi connectivity index (χ3n) is 4.95. The van der Waals surface area contributed by atoms with Gasteiger partial charge in [0.25, 0.3) is 5.91 Å². The molecule has 1 aromatic carbocycles. The zero-order valence-corrected chi connectivity index (χ0v) is 16.2. The number of nitrogens with one attached hydrogen (secondary N) is 2. The second-order valence-corrected chi connectivity index (χ2v) is 7.04. The molecule has 148 valence electrons. The van der Waals surface area contributed by atoms with E-state index in [1.54, 1.807) is 18.6 Å². The van der Waals surface area contributed by atoms with Crippen LogP contribution in [-0.2, 0) is 6.54 Å². The zero-order chi connectivity index (χ0) is 19.9. The van der Waals surface area contributed by atoms with Gasteiger partial charge in [0, 0.05) is 43.4 Å². The third kappa shape index (κ3) is 5.07. The highest BCUT2D eigenvalue weighted by molar-refractivity contribution is 6.02. The van der Waals surface area contributed by atoms with Gasteiger partial charge in [-0.25, -0.2) is 9.97 Å². The summed E-state index contributed by atoms with van der Waals surface area (Å²) in [4.78, 5) is 27.3. The van der Waals surface area contributed by atoms with Crippen molar-refractivity contribution >= 4 is 23.1 Å². The Morgan fingerprint density at radius 2 is 1.69 bits per heavy atom. The summed E-state index contributed by atoms with van der Waals surface area (Å²) in [6, 6.07) is 11.8. The van der Waals surface area contributed by atoms with Gasteiger partial charge in [-0.15, -0.1) is 0 Å². The van der Waals surface area contributed by atoms with Gasteiger partial charge in [-0.2, -0.15) is 0 Å². The topological polar surface area (TPSA) is 83.0 Å². The number of pyridine rings is 1. The first-order chi connectivity index (χ1) is 14.3. The Morgan fingerprint density at radius 3 is 2.38 bits per heavy atom. The van der Waals surface area contributed by atoms with Gasteiger partial charge < -0.3 is 15.5 Å². The Kier molecular flexibility index (Phi) is 5.95. The molecule has 0 unspecified atom stereocenters. The maximum absolute atomic E-state index is 12.4. The minimum absolute atomic E-state index is 0.274. The smallest absolute Gasteiger partial charge is 0.275 e. The second kappa shape index (κ2) is 9.14. The van der Waals surface area contributed by atoms with E-state index in [4.69, 9.17) is 0 Å². The van der Waals surface area contributed by atoms with E-state index in [0.29, 0.717) is 12.4 Å². The average Bonchev–Trinajstić information content (AvgIpc) is 2.80. The van der Waals surface area contributed by atoms with Crippen LogP contribution in [0.4, 0.5) is 17.2 Å². The van der Waals surface area contributed by atoms with E-state index in [0.717, 1.165) is 24.3 Å². The number of nitrogens with zero attached hydrogens (tertiary/aromatic N) is 4. The molecule has 7 nitrogen and oxygen atoms in total. The molecule has 0 bridgehead atoms. The summed E-state index contributed by atoms with van der Waals surface area (Å²) in [5.74, 6) is 0.341. The lowest BCUT2D eigenvalue weighted by atomic mass is 10.1. The molecular weight excluding hydrogens is 364 g/mol. The third-order valence-corrected chi connectivity index (χ3v) is 4.95. The normalized spacial score (nSPS) is 13.7. The van der Waals surface area contributed by atoms with E-state index >= 15 is 0 Å². The van der Waals surface area contributed by atoms with Gasteiger partial charge >= 0.3 is 0 Å². The number of amides is 1. The average molecular weight is 388 g/mol. The van der Waals surface area contributed by atoms with Gasteiger partial charge in [-0.3, -0.25) is 9.78 Å². The molecule has 1 aliphatic rings. The van der Waals surface area contributed by atoms with Gasteiger partial charge in [0.15, 0.2) is 0 Å². The van der Waals surface area contributed by atoms with Crippen LogP contribution >= 0.6 is 0 Å². The van der Waals surface area contributed by atoms with E-state index < -0.39 is 0 Å². The second-order valence-electron chi connectivity index (χ2n) is 7.04. The number of hydrogen-bond donors (Lipinski definition) is 2. The molecule has 0 aliphatic carbocycles. The number of piperidine rings is 1. The van der Waals surface area contributed by atoms with Crippen molar-refractivity contribution in [1.29, 1.82) is 0 Å². The fraction of sp³-hybridized carbons (Fsp3) is 0.273. The van der Waals surface area contributed by atoms with Crippen LogP contribution in [0.1, 0.15) is 35.3 Å². The minimum atomic E-state index is -0.274. The van der Waals surface area contributed by atoms with Crippen LogP contribution in [0, 0.1) is 0 Å². The van der Waals surface area contributed by atoms with Crippen molar-refractivity contribution in [1.82, 2.24) is 15.0 Å². The van der Waals surface area contributed by atoms with E-state index in [1.165, 1.54) is 31.1 Å². The van der Waals surface area contributed by atoms with Crippen molar-refractivity contribution in [2.24, 2.45) is 0 Å². The molecule has 0 spiro atoms. The van der Waals surface area contributed by atoms with Crippen LogP contribution in [0.2, 0.25) is 0 Å². The summed E-state index contributed by atoms with van der Waals surface area (Å²) in [5, 5.41) is 6.05. The maximum Gasteiger partial charge on any atom is 0.275 e. The predicted molar refractivity (Wildman–Crippen MR) is 114 cm³/mol. The molecule has 3 heterocycles. The van der Waals surface area contributed by atoms with Crippen LogP contribution in [0.3, 0.4) is 0 Å². The molecule has 29 heavy (non-hydrogen) atoms. The molecule has 0 atom stereocenters. The molecule has 3 aromatic rings. The molecule has 4 rings (SSSR count). The molecule has 0 saturated carbocycles. The van der Waals surface area contributed by atoms with E-state index in [1.807, 2.05) is 24.3 Å². The summed E-state index contributed by atoms with van der Waals surface area (Å²) in [5.41, 5.74) is 3.32. The number of hydrogen-bond acceptors (Lipinski definition) is 6. The summed E-state index contributed by atoms with van der Waals surface area (Å²) in [6.45, 7) is 2.82. The summed E-state index contributed by atoms with van der Waals surface area (Å²) in [7, 11) is 0. The highest BCUT2D eigenvalue weighted by Gasteiger charge is 2.12. The SMILES string of the molecule is O=C(Nc1ccc(N2CCCCC2)cc1)c1cnc(NCc2ccncc2)cn1. The van der Waals surface area contributed by atoms with Crippen LogP contribution in [0.15, 0.2) is 61.2 Å². The lowest BCUT2D eigenvalue weighted by Gasteiger charge is -2.28. The van der Waals surface area contributed by atoms with Crippen LogP contribution in [0.5, 0.6) is 0 Å². The van der Waals surface area contributed by atoms with Crippen molar-refractivity contribution in [2.75, 3.05) is 28.6 Å². The Labute approximate surface area is 170 Å². The predicted octanol–water partition coefficient (Wildman–Crippen LogP) is 3.73. The van der Waals surface area contributed by atoms with Crippen molar-refractivity contribution < 1.29 is 4.79 Å². The van der Waals surface area contributed by atoms with Gasteiger partial charge in [0.1, 0.15) is 11.5 Å². The Balaban J connectivity index is 1.32. The van der Waals surface area contributed by atoms with Gasteiger partial charge in [-0.05, 0) is 61.2 Å². The van der Waals surface area contributed by atoms with Crippen molar-refractivity contribution in [3.8, 4) is 0 Å². The first kappa shape index (κ1) is 18.9. The molecule has 2 aromatic heterocycles. The van der Waals surface area contributed by atoms with Gasteiger partial charge in [-0.1, -0.05) is 0 Å². The molecule has 1 saturated heterocycles. The van der Waals surface area contributed by atoms with Crippen molar-refractivity contribution in [2.45, 2.75) is 25.8 Å². The van der Waals surface area contributed by atoms with Crippen LogP contribution in [-0.4, -0.2) is 33.9 Å². The zero-order valence-electron chi connectivity index (χ0n) is 16.2. The quantitative estimate of drug-likeness (QED) is 0.670. The van der Waals surface area contributed by atoms with Gasteiger partial charge in [0.2, 0.25) is 0 Å². The highest BCUT2D eigenvalue weighted by atomic mass is 16.1. The first-order valence-corrected chi connectivity index (χ1v) is 9.89. The number of aromatic nitrogens is 3. The highest BCUT2D eigenvalue weighted by Crippen LogP contribution is 2.22. The molecular formula is C22H24N6O. The fourth-order valence-corrected chi connectivity index (χ4v) is 3.33. The van der Waals surface area contributed by atoms with Gasteiger partial charge in [0.05, 0.1) is 12.4 Å². The van der Waals surface area contributed by atoms with E-state index in [2.05, 4.69) is 42.6 Å². The minimum Gasteiger partial charge on any atom is -0.372 e. The van der Waals surface area contributed by atoms with Crippen molar-refractivity contribution in [3.63, 3.8) is 0 Å². The Morgan fingerprint density at radius 1 is 0.931 bits per heavy atom. The first-order valence-electron chi connectivity index (χ1n) is 9.89. The number of carbonyl (C=O) groups is 1. The molecule has 7 heteroatoms. The lowest BCUT2D eigenvalue weighted by molar-refractivity contribution is 0.102. The Hall–Kier alpha value is -3.48. The number of carbonyl (C=O) groups excluding carboxylic acids is 1. The summed E-state index contributed by atoms with van der Waals surface area (Å²) >= 11 is 0. The molecule has 0 radical (unpaired) electrons. The molecule has 2 N–H and O–H groups in total. The lowest BCUT2D eigenvalue weighted by Crippen LogP contribution is -2.29. The Bertz CT molecular complexity index is 922. The van der Waals surface area contributed by atoms with E-state index in [-0.39, 0.29) is 11.6 Å². The van der Waals surface area contributed by atoms with Crippen LogP contribution < -0.4 is 15.5 Å². The largest absolute Gasteiger partial charge is 0.372 e. The maximum atomic E-state index is 12.4. The molecule has 1 fully saturated rings.